The van der Waals surface area contributed by atoms with Gasteiger partial charge in [-0.3, -0.25) is 0 Å². The summed E-state index contributed by atoms with van der Waals surface area (Å²) in [6.07, 6.45) is 6.34. The molecule has 6 heteroatoms. The minimum atomic E-state index is 0.370. The van der Waals surface area contributed by atoms with E-state index in [1.54, 1.807) is 6.21 Å². The van der Waals surface area contributed by atoms with Gasteiger partial charge in [0.2, 0.25) is 0 Å². The van der Waals surface area contributed by atoms with Crippen molar-refractivity contribution in [3.63, 3.8) is 0 Å². The number of nitrogens with zero attached hydrogens (tertiary/aromatic N) is 1. The van der Waals surface area contributed by atoms with Crippen LogP contribution in [0.4, 0.5) is 0 Å². The predicted octanol–water partition coefficient (Wildman–Crippen LogP) is 5.26. The zero-order valence-corrected chi connectivity index (χ0v) is 18.9. The smallest absolute Gasteiger partial charge is 0.127 e. The van der Waals surface area contributed by atoms with Gasteiger partial charge < -0.3 is 23.8 Å². The molecule has 0 aliphatic heterocycles. The Kier molecular flexibility index (Phi) is 11.0. The third-order valence-electron chi connectivity index (χ3n) is 4.39. The number of hydrogen-bond donors (Lipinski definition) is 0. The number of rotatable bonds is 14. The average molecular weight is 428 g/mol. The van der Waals surface area contributed by atoms with Crippen LogP contribution in [0.3, 0.4) is 0 Å². The highest BCUT2D eigenvalue weighted by molar-refractivity contribution is 5.58. The summed E-state index contributed by atoms with van der Waals surface area (Å²) >= 11 is 0. The van der Waals surface area contributed by atoms with E-state index in [9.17, 15) is 0 Å². The van der Waals surface area contributed by atoms with Gasteiger partial charge in [0.05, 0.1) is 26.0 Å². The quantitative estimate of drug-likeness (QED) is 0.178. The SMILES string of the molecule is C/C=C/COc1cc(C)c(OCCCOCc2ccc(OCC=NOC)cc2)c(C)c1. The Balaban J connectivity index is 1.66. The molecule has 2 rings (SSSR count). The van der Waals surface area contributed by atoms with Crippen molar-refractivity contribution in [3.8, 4) is 17.2 Å². The molecule has 2 aromatic carbocycles. The van der Waals surface area contributed by atoms with Crippen LogP contribution in [0.15, 0.2) is 53.7 Å². The zero-order valence-electron chi connectivity index (χ0n) is 18.9. The molecule has 31 heavy (non-hydrogen) atoms. The van der Waals surface area contributed by atoms with Crippen molar-refractivity contribution in [2.24, 2.45) is 5.16 Å². The zero-order chi connectivity index (χ0) is 22.3. The fourth-order valence-electron chi connectivity index (χ4n) is 2.91. The summed E-state index contributed by atoms with van der Waals surface area (Å²) in [6.45, 7) is 8.80. The van der Waals surface area contributed by atoms with Crippen molar-refractivity contribution >= 4 is 6.21 Å². The number of hydrogen-bond acceptors (Lipinski definition) is 6. The van der Waals surface area contributed by atoms with Crippen LogP contribution in [-0.4, -0.2) is 39.8 Å². The van der Waals surface area contributed by atoms with Crippen molar-refractivity contribution in [1.82, 2.24) is 0 Å². The van der Waals surface area contributed by atoms with Gasteiger partial charge in [0.25, 0.3) is 0 Å². The molecule has 0 N–H and O–H groups in total. The predicted molar refractivity (Wildman–Crippen MR) is 123 cm³/mol. The molecule has 0 aliphatic carbocycles. The summed E-state index contributed by atoms with van der Waals surface area (Å²) in [7, 11) is 1.50. The van der Waals surface area contributed by atoms with Crippen LogP contribution in [0.1, 0.15) is 30.0 Å². The summed E-state index contributed by atoms with van der Waals surface area (Å²) < 4.78 is 23.0. The maximum absolute atomic E-state index is 5.99. The first-order valence-corrected chi connectivity index (χ1v) is 10.5. The van der Waals surface area contributed by atoms with E-state index in [1.165, 1.54) is 7.11 Å². The number of ether oxygens (including phenoxy) is 4. The van der Waals surface area contributed by atoms with Gasteiger partial charge in [-0.15, -0.1) is 0 Å². The molecule has 0 unspecified atom stereocenters. The van der Waals surface area contributed by atoms with Gasteiger partial charge in [0.1, 0.15) is 37.6 Å². The lowest BCUT2D eigenvalue weighted by atomic mass is 10.1. The van der Waals surface area contributed by atoms with Crippen LogP contribution in [0, 0.1) is 13.8 Å². The maximum Gasteiger partial charge on any atom is 0.127 e. The Morgan fingerprint density at radius 1 is 0.871 bits per heavy atom. The lowest BCUT2D eigenvalue weighted by Gasteiger charge is -2.14. The van der Waals surface area contributed by atoms with Crippen LogP contribution < -0.4 is 14.2 Å². The molecule has 0 heterocycles. The highest BCUT2D eigenvalue weighted by Gasteiger charge is 2.07. The second-order valence-electron chi connectivity index (χ2n) is 6.95. The Morgan fingerprint density at radius 3 is 2.26 bits per heavy atom. The molecular weight excluding hydrogens is 394 g/mol. The molecule has 0 bridgehead atoms. The summed E-state index contributed by atoms with van der Waals surface area (Å²) in [5.74, 6) is 2.57. The summed E-state index contributed by atoms with van der Waals surface area (Å²) in [6, 6.07) is 11.8. The monoisotopic (exact) mass is 427 g/mol. The highest BCUT2D eigenvalue weighted by Crippen LogP contribution is 2.28. The van der Waals surface area contributed by atoms with Gasteiger partial charge in [-0.25, -0.2) is 0 Å². The van der Waals surface area contributed by atoms with E-state index >= 15 is 0 Å². The van der Waals surface area contributed by atoms with E-state index in [0.29, 0.717) is 33.0 Å². The molecule has 0 spiro atoms. The van der Waals surface area contributed by atoms with E-state index in [2.05, 4.69) is 9.99 Å². The molecule has 0 saturated carbocycles. The van der Waals surface area contributed by atoms with E-state index < -0.39 is 0 Å². The molecule has 0 aliphatic rings. The average Bonchev–Trinajstić information content (AvgIpc) is 2.76. The first-order chi connectivity index (χ1) is 15.1. The summed E-state index contributed by atoms with van der Waals surface area (Å²) in [4.78, 5) is 4.59. The number of benzene rings is 2. The number of allylic oxidation sites excluding steroid dienone is 1. The highest BCUT2D eigenvalue weighted by atomic mass is 16.6. The molecule has 0 radical (unpaired) electrons. The minimum absolute atomic E-state index is 0.370. The lowest BCUT2D eigenvalue weighted by Crippen LogP contribution is -2.05. The third-order valence-corrected chi connectivity index (χ3v) is 4.39. The number of oxime groups is 1. The van der Waals surface area contributed by atoms with Gasteiger partial charge in [-0.1, -0.05) is 29.4 Å². The van der Waals surface area contributed by atoms with Crippen LogP contribution in [0.5, 0.6) is 17.2 Å². The van der Waals surface area contributed by atoms with Gasteiger partial charge in [-0.05, 0) is 61.7 Å². The summed E-state index contributed by atoms with van der Waals surface area (Å²) in [5.41, 5.74) is 3.25. The van der Waals surface area contributed by atoms with Crippen LogP contribution >= 0.6 is 0 Å². The van der Waals surface area contributed by atoms with E-state index in [0.717, 1.165) is 40.4 Å². The molecule has 0 amide bonds. The molecule has 2 aromatic rings. The van der Waals surface area contributed by atoms with E-state index in [-0.39, 0.29) is 0 Å². The topological polar surface area (TPSA) is 58.5 Å². The molecule has 0 fully saturated rings. The largest absolute Gasteiger partial charge is 0.493 e. The molecule has 0 atom stereocenters. The van der Waals surface area contributed by atoms with Crippen LogP contribution in [-0.2, 0) is 16.2 Å². The lowest BCUT2D eigenvalue weighted by molar-refractivity contribution is 0.107. The molecule has 6 nitrogen and oxygen atoms in total. The first kappa shape index (κ1) is 24.3. The molecule has 168 valence electrons. The Bertz CT molecular complexity index is 807. The van der Waals surface area contributed by atoms with Crippen molar-refractivity contribution in [2.45, 2.75) is 33.8 Å². The fraction of sp³-hybridized carbons (Fsp3) is 0.400. The van der Waals surface area contributed by atoms with Crippen LogP contribution in [0.25, 0.3) is 0 Å². The second kappa shape index (κ2) is 14.1. The van der Waals surface area contributed by atoms with Crippen molar-refractivity contribution in [2.75, 3.05) is 33.5 Å². The Hall–Kier alpha value is -2.99. The van der Waals surface area contributed by atoms with Crippen LogP contribution in [0.2, 0.25) is 0 Å². The Morgan fingerprint density at radius 2 is 1.58 bits per heavy atom. The fourth-order valence-corrected chi connectivity index (χ4v) is 2.91. The van der Waals surface area contributed by atoms with Crippen molar-refractivity contribution in [3.05, 3.63) is 65.2 Å². The van der Waals surface area contributed by atoms with Crippen molar-refractivity contribution in [1.29, 1.82) is 0 Å². The normalized spacial score (nSPS) is 11.2. The van der Waals surface area contributed by atoms with Gasteiger partial charge in [0, 0.05) is 6.42 Å². The van der Waals surface area contributed by atoms with E-state index in [1.807, 2.05) is 69.3 Å². The summed E-state index contributed by atoms with van der Waals surface area (Å²) in [5, 5.41) is 3.63. The first-order valence-electron chi connectivity index (χ1n) is 10.5. The van der Waals surface area contributed by atoms with Gasteiger partial charge >= 0.3 is 0 Å². The molecule has 0 aromatic heterocycles. The molecular formula is C25H33NO5. The maximum atomic E-state index is 5.99. The van der Waals surface area contributed by atoms with Gasteiger partial charge in [-0.2, -0.15) is 0 Å². The standard InChI is InChI=1S/C25H33NO5/c1-5-6-14-29-24-17-20(2)25(21(3)18-24)31-15-7-13-28-19-22-8-10-23(11-9-22)30-16-12-26-27-4/h5-6,8-12,17-18H,7,13-16,19H2,1-4H3/b6-5+,26-12?. The second-order valence-corrected chi connectivity index (χ2v) is 6.95. The minimum Gasteiger partial charge on any atom is -0.493 e. The Labute approximate surface area is 185 Å². The molecule has 0 saturated heterocycles. The number of aryl methyl sites for hydroxylation is 2. The van der Waals surface area contributed by atoms with Gasteiger partial charge in [0.15, 0.2) is 0 Å². The third kappa shape index (κ3) is 9.13. The van der Waals surface area contributed by atoms with Crippen molar-refractivity contribution < 1.29 is 23.8 Å². The van der Waals surface area contributed by atoms with E-state index in [4.69, 9.17) is 18.9 Å².